The summed E-state index contributed by atoms with van der Waals surface area (Å²) < 4.78 is 0. The van der Waals surface area contributed by atoms with Gasteiger partial charge in [0.1, 0.15) is 5.69 Å². The van der Waals surface area contributed by atoms with E-state index in [9.17, 15) is 0 Å². The molecule has 0 bridgehead atoms. The first-order chi connectivity index (χ1) is 12.8. The number of hydrogen-bond acceptors (Lipinski definition) is 3. The Bertz CT molecular complexity index is 1030. The molecule has 0 radical (unpaired) electrons. The number of para-hydroxylation sites is 1. The monoisotopic (exact) mass is 340 g/mol. The fraction of sp³-hybridized carbons (Fsp3) is 0.0909. The molecule has 4 aromatic rings. The van der Waals surface area contributed by atoms with Gasteiger partial charge in [0.15, 0.2) is 0 Å². The van der Waals surface area contributed by atoms with Gasteiger partial charge in [-0.2, -0.15) is 5.11 Å². The molecule has 128 valence electrons. The molecule has 26 heavy (non-hydrogen) atoms. The van der Waals surface area contributed by atoms with Gasteiger partial charge in [0.2, 0.25) is 0 Å². The van der Waals surface area contributed by atoms with Crippen LogP contribution in [0, 0.1) is 6.92 Å². The van der Waals surface area contributed by atoms with E-state index in [1.54, 1.807) is 0 Å². The third kappa shape index (κ3) is 3.49. The number of anilines is 1. The molecule has 0 fully saturated rings. The van der Waals surface area contributed by atoms with Gasteiger partial charge in [-0.3, -0.25) is 0 Å². The fourth-order valence-electron chi connectivity index (χ4n) is 2.88. The van der Waals surface area contributed by atoms with Crippen LogP contribution >= 0.6 is 0 Å². The summed E-state index contributed by atoms with van der Waals surface area (Å²) in [5, 5.41) is 13.3. The van der Waals surface area contributed by atoms with Crippen LogP contribution in [-0.4, -0.2) is 4.98 Å². The number of rotatable bonds is 5. The van der Waals surface area contributed by atoms with Gasteiger partial charge < -0.3 is 10.3 Å². The summed E-state index contributed by atoms with van der Waals surface area (Å²) in [5.41, 5.74) is 6.31. The topological polar surface area (TPSA) is 52.5 Å². The minimum atomic E-state index is 0.777. The second-order valence-corrected chi connectivity index (χ2v) is 6.28. The number of aryl methyl sites for hydroxylation is 1. The number of hydrogen-bond donors (Lipinski definition) is 2. The van der Waals surface area contributed by atoms with Crippen molar-refractivity contribution in [1.82, 2.24) is 4.98 Å². The Labute approximate surface area is 152 Å². The van der Waals surface area contributed by atoms with Gasteiger partial charge in [0, 0.05) is 18.1 Å². The summed E-state index contributed by atoms with van der Waals surface area (Å²) >= 11 is 0. The molecule has 2 N–H and O–H groups in total. The molecule has 1 heterocycles. The first kappa shape index (κ1) is 16.1. The third-order valence-corrected chi connectivity index (χ3v) is 4.33. The van der Waals surface area contributed by atoms with Crippen molar-refractivity contribution >= 4 is 28.0 Å². The molecule has 4 rings (SSSR count). The zero-order valence-electron chi connectivity index (χ0n) is 14.6. The second-order valence-electron chi connectivity index (χ2n) is 6.28. The minimum Gasteiger partial charge on any atom is -0.379 e. The largest absolute Gasteiger partial charge is 0.379 e. The Kier molecular flexibility index (Phi) is 4.48. The molecular formula is C22H20N4. The van der Waals surface area contributed by atoms with Crippen molar-refractivity contribution < 1.29 is 0 Å². The smallest absolute Gasteiger partial charge is 0.111 e. The van der Waals surface area contributed by atoms with Gasteiger partial charge in [-0.05, 0) is 30.7 Å². The Hall–Kier alpha value is -3.40. The molecule has 0 aliphatic heterocycles. The van der Waals surface area contributed by atoms with Crippen LogP contribution < -0.4 is 5.32 Å². The lowest BCUT2D eigenvalue weighted by Crippen LogP contribution is -1.99. The quantitative estimate of drug-likeness (QED) is 0.400. The van der Waals surface area contributed by atoms with E-state index in [1.807, 2.05) is 42.6 Å². The summed E-state index contributed by atoms with van der Waals surface area (Å²) in [5.74, 6) is 0. The van der Waals surface area contributed by atoms with Gasteiger partial charge in [0.25, 0.3) is 0 Å². The Balaban J connectivity index is 1.56. The van der Waals surface area contributed by atoms with Crippen molar-refractivity contribution in [1.29, 1.82) is 0 Å². The molecule has 0 aliphatic carbocycles. The fourth-order valence-corrected chi connectivity index (χ4v) is 2.88. The molecule has 4 nitrogen and oxygen atoms in total. The first-order valence-electron chi connectivity index (χ1n) is 8.66. The third-order valence-electron chi connectivity index (χ3n) is 4.33. The van der Waals surface area contributed by atoms with Crippen LogP contribution in [0.5, 0.6) is 0 Å². The summed E-state index contributed by atoms with van der Waals surface area (Å²) in [6.45, 7) is 2.88. The van der Waals surface area contributed by atoms with Crippen LogP contribution in [0.25, 0.3) is 10.9 Å². The zero-order valence-corrected chi connectivity index (χ0v) is 14.6. The number of azo groups is 1. The Morgan fingerprint density at radius 2 is 1.65 bits per heavy atom. The van der Waals surface area contributed by atoms with Crippen molar-refractivity contribution in [2.75, 3.05) is 5.32 Å². The maximum Gasteiger partial charge on any atom is 0.111 e. The van der Waals surface area contributed by atoms with E-state index in [0.717, 1.165) is 34.5 Å². The molecule has 3 aromatic carbocycles. The molecule has 0 aliphatic rings. The lowest BCUT2D eigenvalue weighted by molar-refractivity contribution is 1.15. The van der Waals surface area contributed by atoms with E-state index in [1.165, 1.54) is 11.1 Å². The highest BCUT2D eigenvalue weighted by molar-refractivity contribution is 5.98. The highest BCUT2D eigenvalue weighted by atomic mass is 15.1. The van der Waals surface area contributed by atoms with Gasteiger partial charge in [-0.25, -0.2) is 0 Å². The molecule has 0 saturated carbocycles. The molecule has 0 amide bonds. The van der Waals surface area contributed by atoms with Crippen molar-refractivity contribution in [2.24, 2.45) is 10.2 Å². The van der Waals surface area contributed by atoms with Crippen LogP contribution in [0.3, 0.4) is 0 Å². The maximum atomic E-state index is 4.40. The summed E-state index contributed by atoms with van der Waals surface area (Å²) in [6.07, 6.45) is 1.90. The first-order valence-corrected chi connectivity index (χ1v) is 8.66. The van der Waals surface area contributed by atoms with Crippen LogP contribution in [0.2, 0.25) is 0 Å². The minimum absolute atomic E-state index is 0.777. The SMILES string of the molecule is Cc1ccc(CNc2cccc3c(/N=N/c4ccccc4)c[nH]c23)cc1. The number of aromatic nitrogens is 1. The predicted molar refractivity (Wildman–Crippen MR) is 107 cm³/mol. The lowest BCUT2D eigenvalue weighted by Gasteiger charge is -2.08. The molecule has 0 unspecified atom stereocenters. The average Bonchev–Trinajstić information content (AvgIpc) is 3.10. The van der Waals surface area contributed by atoms with Crippen LogP contribution in [0.1, 0.15) is 11.1 Å². The Morgan fingerprint density at radius 1 is 0.846 bits per heavy atom. The van der Waals surface area contributed by atoms with Gasteiger partial charge >= 0.3 is 0 Å². The Morgan fingerprint density at radius 3 is 2.46 bits per heavy atom. The standard InChI is InChI=1S/C22H20N4/c1-16-10-12-17(13-11-16)14-23-20-9-5-8-19-21(15-24-22(19)20)26-25-18-6-3-2-4-7-18/h2-13,15,23-24H,14H2,1H3/b26-25+. The van der Waals surface area contributed by atoms with E-state index in [2.05, 4.69) is 63.9 Å². The van der Waals surface area contributed by atoms with Gasteiger partial charge in [-0.15, -0.1) is 5.11 Å². The molecular weight excluding hydrogens is 320 g/mol. The molecule has 0 atom stereocenters. The molecule has 4 heteroatoms. The summed E-state index contributed by atoms with van der Waals surface area (Å²) in [7, 11) is 0. The van der Waals surface area contributed by atoms with E-state index in [4.69, 9.17) is 0 Å². The second kappa shape index (κ2) is 7.23. The van der Waals surface area contributed by atoms with E-state index in [-0.39, 0.29) is 0 Å². The number of nitrogens with zero attached hydrogens (tertiary/aromatic N) is 2. The number of fused-ring (bicyclic) bond motifs is 1. The summed E-state index contributed by atoms with van der Waals surface area (Å²) in [6, 6.07) is 24.5. The van der Waals surface area contributed by atoms with Crippen molar-refractivity contribution in [2.45, 2.75) is 13.5 Å². The average molecular weight is 340 g/mol. The van der Waals surface area contributed by atoms with Crippen LogP contribution in [-0.2, 0) is 6.54 Å². The number of nitrogens with one attached hydrogen (secondary N) is 2. The molecule has 0 spiro atoms. The predicted octanol–water partition coefficient (Wildman–Crippen LogP) is 6.50. The normalized spacial score (nSPS) is 11.3. The highest BCUT2D eigenvalue weighted by Crippen LogP contribution is 2.32. The van der Waals surface area contributed by atoms with Crippen LogP contribution in [0.4, 0.5) is 17.1 Å². The van der Waals surface area contributed by atoms with E-state index in [0.29, 0.717) is 0 Å². The summed E-state index contributed by atoms with van der Waals surface area (Å²) in [4.78, 5) is 3.32. The van der Waals surface area contributed by atoms with E-state index < -0.39 is 0 Å². The highest BCUT2D eigenvalue weighted by Gasteiger charge is 2.07. The number of benzene rings is 3. The van der Waals surface area contributed by atoms with Crippen molar-refractivity contribution in [3.8, 4) is 0 Å². The maximum absolute atomic E-state index is 4.40. The van der Waals surface area contributed by atoms with Crippen LogP contribution in [0.15, 0.2) is 89.2 Å². The van der Waals surface area contributed by atoms with E-state index >= 15 is 0 Å². The molecule has 0 saturated heterocycles. The van der Waals surface area contributed by atoms with Crippen molar-refractivity contribution in [3.63, 3.8) is 0 Å². The lowest BCUT2D eigenvalue weighted by atomic mass is 10.1. The van der Waals surface area contributed by atoms with Gasteiger partial charge in [-0.1, -0.05) is 60.2 Å². The zero-order chi connectivity index (χ0) is 17.8. The number of H-pyrrole nitrogens is 1. The molecule has 1 aromatic heterocycles. The van der Waals surface area contributed by atoms with Crippen molar-refractivity contribution in [3.05, 3.63) is 90.1 Å². The van der Waals surface area contributed by atoms with Gasteiger partial charge in [0.05, 0.1) is 16.9 Å². The number of aromatic amines is 1.